The van der Waals surface area contributed by atoms with Gasteiger partial charge in [0.25, 0.3) is 0 Å². The van der Waals surface area contributed by atoms with Crippen molar-refractivity contribution in [2.45, 2.75) is 45.3 Å². The summed E-state index contributed by atoms with van der Waals surface area (Å²) in [6.45, 7) is 10.9. The quantitative estimate of drug-likeness (QED) is 0.769. The minimum absolute atomic E-state index is 0.230. The Hall–Kier alpha value is -2.52. The summed E-state index contributed by atoms with van der Waals surface area (Å²) in [6.07, 6.45) is 4.45. The van der Waals surface area contributed by atoms with E-state index in [1.54, 1.807) is 12.4 Å². The lowest BCUT2D eigenvalue weighted by atomic mass is 10.00. The van der Waals surface area contributed by atoms with Gasteiger partial charge in [0.1, 0.15) is 5.82 Å². The molecule has 2 aromatic heterocycles. The number of hydrogen-bond acceptors (Lipinski definition) is 9. The van der Waals surface area contributed by atoms with Gasteiger partial charge in [-0.05, 0) is 26.2 Å². The highest BCUT2D eigenvalue weighted by Gasteiger charge is 2.40. The summed E-state index contributed by atoms with van der Waals surface area (Å²) in [5.41, 5.74) is 8.71. The van der Waals surface area contributed by atoms with Crippen molar-refractivity contribution in [3.8, 4) is 11.3 Å². The summed E-state index contributed by atoms with van der Waals surface area (Å²) < 4.78 is 5.63. The van der Waals surface area contributed by atoms with Crippen LogP contribution in [0, 0.1) is 5.92 Å². The van der Waals surface area contributed by atoms with Crippen molar-refractivity contribution in [2.75, 3.05) is 48.4 Å². The molecule has 0 radical (unpaired) electrons. The number of fused-ring (bicyclic) bond motifs is 1. The second kappa shape index (κ2) is 7.63. The van der Waals surface area contributed by atoms with E-state index in [0.717, 1.165) is 49.1 Å². The van der Waals surface area contributed by atoms with Crippen LogP contribution in [0.3, 0.4) is 0 Å². The van der Waals surface area contributed by atoms with Crippen molar-refractivity contribution in [1.29, 1.82) is 0 Å². The van der Waals surface area contributed by atoms with E-state index in [9.17, 15) is 0 Å². The number of nitrogens with zero attached hydrogens (tertiary/aromatic N) is 6. The third-order valence-electron chi connectivity index (χ3n) is 6.63. The molecule has 0 aromatic carbocycles. The first-order valence-corrected chi connectivity index (χ1v) is 10.9. The third kappa shape index (κ3) is 3.26. The zero-order valence-corrected chi connectivity index (χ0v) is 17.9. The Balaban J connectivity index is 1.62. The molecule has 160 valence electrons. The second-order valence-electron chi connectivity index (χ2n) is 8.73. The van der Waals surface area contributed by atoms with Crippen molar-refractivity contribution >= 4 is 17.7 Å². The highest BCUT2D eigenvalue weighted by Crippen LogP contribution is 2.39. The van der Waals surface area contributed by atoms with Crippen LogP contribution in [0.2, 0.25) is 0 Å². The molecule has 5 heterocycles. The second-order valence-corrected chi connectivity index (χ2v) is 8.73. The van der Waals surface area contributed by atoms with Crippen LogP contribution in [-0.4, -0.2) is 70.9 Å². The topological polar surface area (TPSA) is 105 Å². The maximum absolute atomic E-state index is 5.73. The molecule has 9 heteroatoms. The number of nitrogens with one attached hydrogen (secondary N) is 1. The smallest absolute Gasteiger partial charge is 0.228 e. The van der Waals surface area contributed by atoms with Gasteiger partial charge in [-0.25, -0.2) is 15.0 Å². The van der Waals surface area contributed by atoms with Crippen LogP contribution >= 0.6 is 0 Å². The summed E-state index contributed by atoms with van der Waals surface area (Å²) in [5.74, 6) is 2.65. The van der Waals surface area contributed by atoms with Crippen molar-refractivity contribution in [3.63, 3.8) is 0 Å². The van der Waals surface area contributed by atoms with Crippen LogP contribution in [0.15, 0.2) is 12.4 Å². The fourth-order valence-electron chi connectivity index (χ4n) is 5.09. The van der Waals surface area contributed by atoms with Crippen LogP contribution in [-0.2, 0) is 11.2 Å². The Morgan fingerprint density at radius 1 is 1.10 bits per heavy atom. The Kier molecular flexibility index (Phi) is 4.94. The van der Waals surface area contributed by atoms with E-state index in [-0.39, 0.29) is 12.0 Å². The molecule has 0 amide bonds. The maximum atomic E-state index is 5.73. The van der Waals surface area contributed by atoms with Gasteiger partial charge in [0.15, 0.2) is 0 Å². The largest absolute Gasteiger partial charge is 0.377 e. The number of aromatic nitrogens is 4. The van der Waals surface area contributed by atoms with E-state index in [2.05, 4.69) is 45.9 Å². The lowest BCUT2D eigenvalue weighted by Gasteiger charge is -2.35. The highest BCUT2D eigenvalue weighted by molar-refractivity contribution is 5.73. The van der Waals surface area contributed by atoms with E-state index < -0.39 is 0 Å². The summed E-state index contributed by atoms with van der Waals surface area (Å²) in [7, 11) is 0. The van der Waals surface area contributed by atoms with Crippen LogP contribution in [0.1, 0.15) is 26.3 Å². The molecule has 0 spiro atoms. The first-order valence-electron chi connectivity index (χ1n) is 10.9. The van der Waals surface area contributed by atoms with Crippen LogP contribution in [0.4, 0.5) is 17.7 Å². The molecule has 30 heavy (non-hydrogen) atoms. The van der Waals surface area contributed by atoms with Crippen molar-refractivity contribution in [1.82, 2.24) is 25.3 Å². The van der Waals surface area contributed by atoms with E-state index >= 15 is 0 Å². The molecule has 0 unspecified atom stereocenters. The molecule has 2 fully saturated rings. The number of rotatable bonds is 3. The van der Waals surface area contributed by atoms with Crippen LogP contribution in [0.5, 0.6) is 0 Å². The Bertz CT molecular complexity index is 910. The molecule has 0 aliphatic carbocycles. The maximum Gasteiger partial charge on any atom is 0.228 e. The van der Waals surface area contributed by atoms with Crippen molar-refractivity contribution in [3.05, 3.63) is 18.0 Å². The summed E-state index contributed by atoms with van der Waals surface area (Å²) >= 11 is 0. The molecule has 3 N–H and O–H groups in total. The number of nitrogen functional groups attached to an aromatic ring is 1. The first kappa shape index (κ1) is 19.4. The van der Waals surface area contributed by atoms with Gasteiger partial charge in [-0.1, -0.05) is 6.92 Å². The Labute approximate surface area is 177 Å². The number of nitrogens with two attached hydrogens (primary N) is 1. The fraction of sp³-hybridized carbons (Fsp3) is 0.619. The molecular weight excluding hydrogens is 380 g/mol. The molecule has 3 aliphatic rings. The molecule has 2 saturated heterocycles. The molecule has 0 saturated carbocycles. The van der Waals surface area contributed by atoms with Crippen LogP contribution < -0.4 is 20.9 Å². The normalized spacial score (nSPS) is 28.8. The first-order chi connectivity index (χ1) is 14.5. The van der Waals surface area contributed by atoms with E-state index in [4.69, 9.17) is 20.4 Å². The predicted molar refractivity (Wildman–Crippen MR) is 117 cm³/mol. The minimum Gasteiger partial charge on any atom is -0.377 e. The highest BCUT2D eigenvalue weighted by atomic mass is 16.5. The number of ether oxygens (including phenoxy) is 1. The standard InChI is InChI=1S/C21H30N8O/c1-12-8-23-14(3)18(12)29-5-4-16-17(15-9-24-20(22)25-10-15)26-21(27-19(16)29)28-6-7-30-11-13(28)2/h9-10,12-14,18,23H,4-8,11H2,1-3H3,(H2,22,24,25)/t12-,13-,14-,18-/m0/s1. The van der Waals surface area contributed by atoms with Gasteiger partial charge < -0.3 is 25.6 Å². The lowest BCUT2D eigenvalue weighted by molar-refractivity contribution is 0.0981. The Morgan fingerprint density at radius 2 is 1.90 bits per heavy atom. The monoisotopic (exact) mass is 410 g/mol. The lowest BCUT2D eigenvalue weighted by Crippen LogP contribution is -2.46. The van der Waals surface area contributed by atoms with E-state index in [1.807, 2.05) is 0 Å². The Morgan fingerprint density at radius 3 is 2.60 bits per heavy atom. The van der Waals surface area contributed by atoms with Crippen molar-refractivity contribution in [2.24, 2.45) is 5.92 Å². The van der Waals surface area contributed by atoms with E-state index in [0.29, 0.717) is 31.2 Å². The average molecular weight is 411 g/mol. The number of morpholine rings is 1. The zero-order chi connectivity index (χ0) is 20.8. The third-order valence-corrected chi connectivity index (χ3v) is 6.63. The van der Waals surface area contributed by atoms with Gasteiger partial charge in [-0.2, -0.15) is 4.98 Å². The molecule has 9 nitrogen and oxygen atoms in total. The van der Waals surface area contributed by atoms with Gasteiger partial charge in [0, 0.05) is 55.2 Å². The van der Waals surface area contributed by atoms with Gasteiger partial charge in [0.05, 0.1) is 24.9 Å². The molecule has 2 aromatic rings. The van der Waals surface area contributed by atoms with Gasteiger partial charge in [-0.3, -0.25) is 0 Å². The zero-order valence-electron chi connectivity index (χ0n) is 17.9. The van der Waals surface area contributed by atoms with Gasteiger partial charge >= 0.3 is 0 Å². The number of anilines is 3. The minimum atomic E-state index is 0.230. The summed E-state index contributed by atoms with van der Waals surface area (Å²) in [4.78, 5) is 23.3. The van der Waals surface area contributed by atoms with Gasteiger partial charge in [-0.15, -0.1) is 0 Å². The SMILES string of the molecule is C[C@@H]1NC[C@H](C)[C@@H]1N1CCc2c(-c3cnc(N)nc3)nc(N3CCOC[C@@H]3C)nc21. The molecular formula is C21H30N8O. The van der Waals surface area contributed by atoms with Crippen LogP contribution in [0.25, 0.3) is 11.3 Å². The molecule has 0 bridgehead atoms. The number of hydrogen-bond donors (Lipinski definition) is 2. The van der Waals surface area contributed by atoms with E-state index in [1.165, 1.54) is 5.56 Å². The molecule has 5 rings (SSSR count). The predicted octanol–water partition coefficient (Wildman–Crippen LogP) is 1.10. The summed E-state index contributed by atoms with van der Waals surface area (Å²) in [5, 5.41) is 3.62. The van der Waals surface area contributed by atoms with Gasteiger partial charge in [0.2, 0.25) is 11.9 Å². The molecule has 4 atom stereocenters. The fourth-order valence-corrected chi connectivity index (χ4v) is 5.09. The summed E-state index contributed by atoms with van der Waals surface area (Å²) in [6, 6.07) is 1.08. The van der Waals surface area contributed by atoms with Crippen molar-refractivity contribution < 1.29 is 4.74 Å². The molecule has 3 aliphatic heterocycles. The average Bonchev–Trinajstić information content (AvgIpc) is 3.30.